The van der Waals surface area contributed by atoms with Crippen LogP contribution in [0.5, 0.6) is 11.5 Å². The summed E-state index contributed by atoms with van der Waals surface area (Å²) in [4.78, 5) is 5.06. The molecule has 336 valence electrons. The van der Waals surface area contributed by atoms with Gasteiger partial charge in [-0.3, -0.25) is 0 Å². The van der Waals surface area contributed by atoms with Crippen molar-refractivity contribution in [3.8, 4) is 44.9 Å². The van der Waals surface area contributed by atoms with Crippen LogP contribution in [0.2, 0.25) is 0 Å². The maximum atomic E-state index is 6.75. The van der Waals surface area contributed by atoms with Crippen LogP contribution in [0, 0.1) is 0 Å². The maximum Gasteiger partial charge on any atom is 0.143 e. The minimum atomic E-state index is -0.614. The minimum Gasteiger partial charge on any atom is -0.457 e. The van der Waals surface area contributed by atoms with Crippen molar-refractivity contribution < 1.29 is 9.15 Å². The first-order valence-electron chi connectivity index (χ1n) is 24.7. The van der Waals surface area contributed by atoms with E-state index in [1.807, 2.05) is 17.8 Å². The van der Waals surface area contributed by atoms with E-state index >= 15 is 0 Å². The minimum absolute atomic E-state index is 0.470. The van der Waals surface area contributed by atoms with E-state index in [1.54, 1.807) is 0 Å². The Morgan fingerprint density at radius 1 is 0.319 bits per heavy atom. The van der Waals surface area contributed by atoms with Gasteiger partial charge in [0.05, 0.1) is 10.8 Å². The largest absolute Gasteiger partial charge is 0.457 e. The lowest BCUT2D eigenvalue weighted by Crippen LogP contribution is -2.32. The summed E-state index contributed by atoms with van der Waals surface area (Å²) in [6.45, 7) is 0. The molecule has 0 radical (unpaired) electrons. The van der Waals surface area contributed by atoms with Crippen LogP contribution in [-0.2, 0) is 10.8 Å². The fraction of sp³-hybridized carbons (Fsp3) is 0.0294. The third kappa shape index (κ3) is 5.21. The van der Waals surface area contributed by atoms with Crippen LogP contribution in [0.25, 0.3) is 55.3 Å². The molecule has 2 spiro atoms. The molecular formula is C68H41NO2S. The predicted octanol–water partition coefficient (Wildman–Crippen LogP) is 18.0. The van der Waals surface area contributed by atoms with Gasteiger partial charge in [0.1, 0.15) is 22.7 Å². The van der Waals surface area contributed by atoms with E-state index < -0.39 is 10.8 Å². The molecule has 0 amide bonds. The van der Waals surface area contributed by atoms with Gasteiger partial charge < -0.3 is 14.1 Å². The number of furan rings is 1. The zero-order valence-corrected chi connectivity index (χ0v) is 39.7. The SMILES string of the molecule is c1ccc2c(c1)Oc1ccccc1C21c2ccccc2-c2ccc(N(c3ccc(-c4cccc5c4oc4ccccc45)cc3)c3ccc4c(c3)-c3ccccc3C43c4ccccc4Sc4ccccc43)cc21. The molecular weight excluding hydrogens is 895 g/mol. The van der Waals surface area contributed by atoms with E-state index in [9.17, 15) is 0 Å². The highest BCUT2D eigenvalue weighted by Crippen LogP contribution is 2.65. The van der Waals surface area contributed by atoms with Gasteiger partial charge in [-0.15, -0.1) is 0 Å². The quantitative estimate of drug-likeness (QED) is 0.176. The molecule has 0 unspecified atom stereocenters. The van der Waals surface area contributed by atoms with Crippen LogP contribution in [0.1, 0.15) is 44.5 Å². The third-order valence-electron chi connectivity index (χ3n) is 16.0. The van der Waals surface area contributed by atoms with Crippen molar-refractivity contribution in [1.29, 1.82) is 0 Å². The molecule has 3 heterocycles. The average molecular weight is 936 g/mol. The second-order valence-electron chi connectivity index (χ2n) is 19.4. The van der Waals surface area contributed by atoms with Crippen LogP contribution in [0.15, 0.2) is 263 Å². The van der Waals surface area contributed by atoms with Crippen LogP contribution in [0.4, 0.5) is 17.1 Å². The summed E-state index contributed by atoms with van der Waals surface area (Å²) >= 11 is 1.88. The molecule has 2 aliphatic carbocycles. The van der Waals surface area contributed by atoms with Crippen LogP contribution in [-0.4, -0.2) is 0 Å². The number of hydrogen-bond acceptors (Lipinski definition) is 4. The number of anilines is 3. The van der Waals surface area contributed by atoms with Crippen LogP contribution >= 0.6 is 11.8 Å². The maximum absolute atomic E-state index is 6.75. The van der Waals surface area contributed by atoms with Gasteiger partial charge in [0.15, 0.2) is 0 Å². The Labute approximate surface area is 421 Å². The molecule has 0 fully saturated rings. The summed E-state index contributed by atoms with van der Waals surface area (Å²) in [5.74, 6) is 1.76. The molecule has 4 heteroatoms. The summed E-state index contributed by atoms with van der Waals surface area (Å²) in [6, 6.07) is 91.6. The molecule has 0 saturated carbocycles. The number of hydrogen-bond donors (Lipinski definition) is 0. The summed E-state index contributed by atoms with van der Waals surface area (Å²) in [5.41, 5.74) is 21.2. The molecule has 2 aliphatic heterocycles. The first-order chi connectivity index (χ1) is 35.7. The molecule has 0 saturated heterocycles. The zero-order chi connectivity index (χ0) is 47.1. The van der Waals surface area contributed by atoms with Crippen molar-refractivity contribution in [1.82, 2.24) is 0 Å². The number of nitrogens with zero attached hydrogens (tertiary/aromatic N) is 1. The summed E-state index contributed by atoms with van der Waals surface area (Å²) in [5, 5.41) is 2.25. The fourth-order valence-corrected chi connectivity index (χ4v) is 14.4. The van der Waals surface area contributed by atoms with Crippen molar-refractivity contribution in [3.63, 3.8) is 0 Å². The predicted molar refractivity (Wildman–Crippen MR) is 293 cm³/mol. The number of ether oxygens (including phenoxy) is 1. The Morgan fingerprint density at radius 3 is 1.51 bits per heavy atom. The van der Waals surface area contributed by atoms with Gasteiger partial charge in [0.2, 0.25) is 0 Å². The van der Waals surface area contributed by atoms with Gasteiger partial charge in [-0.05, 0) is 128 Å². The van der Waals surface area contributed by atoms with Gasteiger partial charge in [0, 0.05) is 54.3 Å². The van der Waals surface area contributed by atoms with Gasteiger partial charge in [-0.1, -0.05) is 194 Å². The van der Waals surface area contributed by atoms with Gasteiger partial charge >= 0.3 is 0 Å². The molecule has 0 atom stereocenters. The number of fused-ring (bicyclic) bond motifs is 21. The molecule has 0 N–H and O–H groups in total. The van der Waals surface area contributed by atoms with Crippen molar-refractivity contribution >= 4 is 50.8 Å². The molecule has 3 nitrogen and oxygen atoms in total. The van der Waals surface area contributed by atoms with Crippen molar-refractivity contribution in [2.75, 3.05) is 4.90 Å². The van der Waals surface area contributed by atoms with E-state index in [-0.39, 0.29) is 0 Å². The molecule has 72 heavy (non-hydrogen) atoms. The highest BCUT2D eigenvalue weighted by atomic mass is 32.2. The molecule has 0 bridgehead atoms. The van der Waals surface area contributed by atoms with Gasteiger partial charge in [0.25, 0.3) is 0 Å². The van der Waals surface area contributed by atoms with E-state index in [0.29, 0.717) is 0 Å². The Kier molecular flexibility index (Phi) is 8.24. The number of para-hydroxylation sites is 4. The average Bonchev–Trinajstić information content (AvgIpc) is 4.07. The van der Waals surface area contributed by atoms with E-state index in [0.717, 1.165) is 72.8 Å². The number of benzene rings is 11. The third-order valence-corrected chi connectivity index (χ3v) is 17.2. The lowest BCUT2D eigenvalue weighted by atomic mass is 9.66. The van der Waals surface area contributed by atoms with E-state index in [4.69, 9.17) is 9.15 Å². The Morgan fingerprint density at radius 2 is 0.806 bits per heavy atom. The van der Waals surface area contributed by atoms with E-state index in [2.05, 4.69) is 248 Å². The number of rotatable bonds is 4. The summed E-state index contributed by atoms with van der Waals surface area (Å²) in [7, 11) is 0. The molecule has 1 aromatic heterocycles. The van der Waals surface area contributed by atoms with Crippen molar-refractivity contribution in [2.45, 2.75) is 20.6 Å². The lowest BCUT2D eigenvalue weighted by Gasteiger charge is -2.40. The second kappa shape index (κ2) is 14.8. The van der Waals surface area contributed by atoms with Crippen LogP contribution in [0.3, 0.4) is 0 Å². The Hall–Kier alpha value is -8.83. The highest BCUT2D eigenvalue weighted by molar-refractivity contribution is 7.99. The molecule has 4 aliphatic rings. The smallest absolute Gasteiger partial charge is 0.143 e. The molecule has 11 aromatic carbocycles. The van der Waals surface area contributed by atoms with Gasteiger partial charge in [-0.2, -0.15) is 0 Å². The Balaban J connectivity index is 0.939. The highest BCUT2D eigenvalue weighted by Gasteiger charge is 2.52. The van der Waals surface area contributed by atoms with Crippen molar-refractivity contribution in [3.05, 3.63) is 293 Å². The van der Waals surface area contributed by atoms with Crippen LogP contribution < -0.4 is 9.64 Å². The van der Waals surface area contributed by atoms with Crippen molar-refractivity contribution in [2.24, 2.45) is 0 Å². The summed E-state index contributed by atoms with van der Waals surface area (Å²) in [6.07, 6.45) is 0. The standard InChI is InChI=1S/C68H41NO2S/c1-4-21-53-47(16-1)49-38-36-45(41-60(49)68(53)56-23-6-11-28-62(56)70-63-29-12-7-24-57(63)68)69(43-34-32-42(33-35-43)46-19-15-20-51-50-18-3-10-27-61(50)71-66(46)51)44-37-39-55-52(40-44)48-17-2-5-22-54(48)67(55)58-25-8-13-30-64(58)72-65-31-14-9-26-59(65)67/h1-41H. The van der Waals surface area contributed by atoms with Gasteiger partial charge in [-0.25, -0.2) is 0 Å². The Bertz CT molecular complexity index is 4170. The summed E-state index contributed by atoms with van der Waals surface area (Å²) < 4.78 is 13.3. The molecule has 12 aromatic rings. The lowest BCUT2D eigenvalue weighted by molar-refractivity contribution is 0.436. The molecule has 16 rings (SSSR count). The van der Waals surface area contributed by atoms with E-state index in [1.165, 1.54) is 65.4 Å². The fourth-order valence-electron chi connectivity index (χ4n) is 13.2. The first-order valence-corrected chi connectivity index (χ1v) is 25.5. The zero-order valence-electron chi connectivity index (χ0n) is 38.8. The monoisotopic (exact) mass is 935 g/mol. The topological polar surface area (TPSA) is 25.6 Å². The normalized spacial score (nSPS) is 14.4. The first kappa shape index (κ1) is 40.0. The second-order valence-corrected chi connectivity index (χ2v) is 20.5.